The maximum atomic E-state index is 12.0. The fraction of sp³-hybridized carbons (Fsp3) is 0.583. The summed E-state index contributed by atoms with van der Waals surface area (Å²) in [7, 11) is 0. The van der Waals surface area contributed by atoms with E-state index in [1.807, 2.05) is 18.4 Å². The van der Waals surface area contributed by atoms with E-state index in [0.29, 0.717) is 19.0 Å². The van der Waals surface area contributed by atoms with Crippen LogP contribution in [-0.4, -0.2) is 31.8 Å². The number of alkyl halides is 3. The number of hydrogen-bond acceptors (Lipinski definition) is 2. The second-order valence-corrected chi connectivity index (χ2v) is 4.71. The molecule has 1 rings (SSSR count). The molecule has 3 nitrogen and oxygen atoms in total. The van der Waals surface area contributed by atoms with E-state index in [0.717, 1.165) is 6.42 Å². The molecule has 0 saturated carbocycles. The normalized spacial score (nSPS) is 11.9. The van der Waals surface area contributed by atoms with Gasteiger partial charge in [-0.3, -0.25) is 4.99 Å². The van der Waals surface area contributed by atoms with Crippen LogP contribution >= 0.6 is 35.3 Å². The minimum absolute atomic E-state index is 0. The molecule has 0 aliphatic heterocycles. The highest BCUT2D eigenvalue weighted by molar-refractivity contribution is 14.0. The van der Waals surface area contributed by atoms with E-state index in [-0.39, 0.29) is 30.5 Å². The average molecular weight is 421 g/mol. The number of halogens is 4. The van der Waals surface area contributed by atoms with Crippen LogP contribution in [-0.2, 0) is 6.42 Å². The first-order valence-electron chi connectivity index (χ1n) is 6.11. The fourth-order valence-corrected chi connectivity index (χ4v) is 2.10. The van der Waals surface area contributed by atoms with Gasteiger partial charge in [0.05, 0.1) is 13.0 Å². The smallest absolute Gasteiger partial charge is 0.357 e. The molecule has 1 aromatic rings. The largest absolute Gasteiger partial charge is 0.390 e. The lowest BCUT2D eigenvalue weighted by atomic mass is 10.2. The molecule has 1 heterocycles. The molecule has 0 atom stereocenters. The summed E-state index contributed by atoms with van der Waals surface area (Å²) in [6, 6.07) is 2.03. The van der Waals surface area contributed by atoms with E-state index in [1.54, 1.807) is 11.3 Å². The number of thiophene rings is 1. The van der Waals surface area contributed by atoms with Gasteiger partial charge in [-0.05, 0) is 35.7 Å². The molecule has 0 aromatic carbocycles. The average Bonchev–Trinajstić information content (AvgIpc) is 2.80. The van der Waals surface area contributed by atoms with Gasteiger partial charge in [-0.2, -0.15) is 24.5 Å². The number of aliphatic imine (C=N–C) groups is 1. The van der Waals surface area contributed by atoms with Crippen LogP contribution in [0.15, 0.2) is 21.8 Å². The monoisotopic (exact) mass is 421 g/mol. The molecule has 0 aliphatic carbocycles. The van der Waals surface area contributed by atoms with Crippen LogP contribution < -0.4 is 10.6 Å². The Labute approximate surface area is 138 Å². The molecule has 0 unspecified atom stereocenters. The van der Waals surface area contributed by atoms with Gasteiger partial charge in [0.25, 0.3) is 0 Å². The third-order valence-electron chi connectivity index (χ3n) is 2.30. The van der Waals surface area contributed by atoms with Gasteiger partial charge < -0.3 is 10.6 Å². The number of rotatable bonds is 6. The highest BCUT2D eigenvalue weighted by atomic mass is 127. The van der Waals surface area contributed by atoms with Gasteiger partial charge >= 0.3 is 6.18 Å². The van der Waals surface area contributed by atoms with Crippen LogP contribution in [0.3, 0.4) is 0 Å². The molecule has 0 radical (unpaired) electrons. The summed E-state index contributed by atoms with van der Waals surface area (Å²) in [5, 5.41) is 9.99. The third-order valence-corrected chi connectivity index (χ3v) is 3.03. The summed E-state index contributed by atoms with van der Waals surface area (Å²) in [5.74, 6) is 0.432. The molecule has 0 spiro atoms. The van der Waals surface area contributed by atoms with E-state index in [9.17, 15) is 13.2 Å². The van der Waals surface area contributed by atoms with Crippen LogP contribution in [0.5, 0.6) is 0 Å². The second-order valence-electron chi connectivity index (χ2n) is 3.93. The maximum Gasteiger partial charge on any atom is 0.390 e. The Bertz CT molecular complexity index is 380. The first kappa shape index (κ1) is 19.5. The Hall–Kier alpha value is -0.510. The van der Waals surface area contributed by atoms with E-state index in [1.165, 1.54) is 5.56 Å². The molecule has 20 heavy (non-hydrogen) atoms. The van der Waals surface area contributed by atoms with Crippen molar-refractivity contribution in [3.8, 4) is 0 Å². The van der Waals surface area contributed by atoms with Crippen molar-refractivity contribution in [1.82, 2.24) is 10.6 Å². The minimum atomic E-state index is -4.16. The van der Waals surface area contributed by atoms with E-state index < -0.39 is 12.6 Å². The predicted octanol–water partition coefficient (Wildman–Crippen LogP) is 3.42. The van der Waals surface area contributed by atoms with E-state index in [2.05, 4.69) is 21.0 Å². The highest BCUT2D eigenvalue weighted by Gasteiger charge is 2.26. The standard InChI is InChI=1S/C12H18F3N3S.HI/c1-2-16-11(18-7-5-12(13,14)15)17-6-3-10-4-8-19-9-10;/h4,8-9H,2-3,5-7H2,1H3,(H2,16,17,18);1H. The summed E-state index contributed by atoms with van der Waals surface area (Å²) < 4.78 is 36.1. The van der Waals surface area contributed by atoms with Gasteiger partial charge in [-0.25, -0.2) is 0 Å². The number of nitrogens with one attached hydrogen (secondary N) is 2. The molecule has 0 saturated heterocycles. The zero-order valence-corrected chi connectivity index (χ0v) is 14.3. The van der Waals surface area contributed by atoms with Crippen molar-refractivity contribution in [2.45, 2.75) is 25.9 Å². The molecular weight excluding hydrogens is 402 g/mol. The highest BCUT2D eigenvalue weighted by Crippen LogP contribution is 2.18. The third kappa shape index (κ3) is 9.40. The second kappa shape index (κ2) is 10.3. The SMILES string of the molecule is CCNC(=NCCC(F)(F)F)NCCc1ccsc1.I. The van der Waals surface area contributed by atoms with Gasteiger partial charge in [-0.15, -0.1) is 24.0 Å². The molecule has 2 N–H and O–H groups in total. The van der Waals surface area contributed by atoms with Gasteiger partial charge in [0, 0.05) is 13.1 Å². The number of nitrogens with zero attached hydrogens (tertiary/aromatic N) is 1. The molecule has 0 bridgehead atoms. The van der Waals surface area contributed by atoms with Gasteiger partial charge in [0.1, 0.15) is 0 Å². The first-order chi connectivity index (χ1) is 9.01. The van der Waals surface area contributed by atoms with Crippen LogP contribution in [0, 0.1) is 0 Å². The van der Waals surface area contributed by atoms with Crippen molar-refractivity contribution < 1.29 is 13.2 Å². The van der Waals surface area contributed by atoms with E-state index in [4.69, 9.17) is 0 Å². The topological polar surface area (TPSA) is 36.4 Å². The van der Waals surface area contributed by atoms with Crippen molar-refractivity contribution in [2.75, 3.05) is 19.6 Å². The number of hydrogen-bond donors (Lipinski definition) is 2. The summed E-state index contributed by atoms with van der Waals surface area (Å²) in [6.07, 6.45) is -4.22. The molecule has 116 valence electrons. The maximum absolute atomic E-state index is 12.0. The van der Waals surface area contributed by atoms with Gasteiger partial charge in [-0.1, -0.05) is 0 Å². The summed E-state index contributed by atoms with van der Waals surface area (Å²) in [5.41, 5.74) is 1.21. The molecule has 0 amide bonds. The lowest BCUT2D eigenvalue weighted by molar-refractivity contribution is -0.132. The van der Waals surface area contributed by atoms with Gasteiger partial charge in [0.2, 0.25) is 0 Å². The molecule has 0 fully saturated rings. The predicted molar refractivity (Wildman–Crippen MR) is 88.1 cm³/mol. The van der Waals surface area contributed by atoms with Gasteiger partial charge in [0.15, 0.2) is 5.96 Å². The Kier molecular flexibility index (Phi) is 9.99. The first-order valence-corrected chi connectivity index (χ1v) is 7.05. The molecular formula is C12H19F3IN3S. The molecule has 1 aromatic heterocycles. The lowest BCUT2D eigenvalue weighted by Gasteiger charge is -2.11. The van der Waals surface area contributed by atoms with Crippen LogP contribution in [0.2, 0.25) is 0 Å². The summed E-state index contributed by atoms with van der Waals surface area (Å²) in [4.78, 5) is 3.89. The summed E-state index contributed by atoms with van der Waals surface area (Å²) >= 11 is 1.63. The van der Waals surface area contributed by atoms with Crippen molar-refractivity contribution in [1.29, 1.82) is 0 Å². The molecule has 0 aliphatic rings. The zero-order valence-electron chi connectivity index (χ0n) is 11.2. The Morgan fingerprint density at radius 1 is 1.35 bits per heavy atom. The fourth-order valence-electron chi connectivity index (χ4n) is 1.40. The Morgan fingerprint density at radius 3 is 2.65 bits per heavy atom. The minimum Gasteiger partial charge on any atom is -0.357 e. The van der Waals surface area contributed by atoms with E-state index >= 15 is 0 Å². The van der Waals surface area contributed by atoms with Crippen molar-refractivity contribution >= 4 is 41.3 Å². The number of guanidine groups is 1. The van der Waals surface area contributed by atoms with Crippen LogP contribution in [0.1, 0.15) is 18.9 Å². The molecule has 8 heteroatoms. The van der Waals surface area contributed by atoms with Crippen LogP contribution in [0.25, 0.3) is 0 Å². The Morgan fingerprint density at radius 2 is 2.10 bits per heavy atom. The quantitative estimate of drug-likeness (QED) is 0.420. The van der Waals surface area contributed by atoms with Crippen LogP contribution in [0.4, 0.5) is 13.2 Å². The lowest BCUT2D eigenvalue weighted by Crippen LogP contribution is -2.38. The zero-order chi connectivity index (χ0) is 14.1. The van der Waals surface area contributed by atoms with Crippen molar-refractivity contribution in [3.63, 3.8) is 0 Å². The Balaban J connectivity index is 0.00000361. The van der Waals surface area contributed by atoms with Crippen molar-refractivity contribution in [3.05, 3.63) is 22.4 Å². The summed E-state index contributed by atoms with van der Waals surface area (Å²) in [6.45, 7) is 2.89. The van der Waals surface area contributed by atoms with Crippen molar-refractivity contribution in [2.24, 2.45) is 4.99 Å².